The van der Waals surface area contributed by atoms with Gasteiger partial charge in [-0.05, 0) is 25.1 Å². The number of benzene rings is 1. The van der Waals surface area contributed by atoms with Crippen molar-refractivity contribution in [3.8, 4) is 5.75 Å². The van der Waals surface area contributed by atoms with Crippen LogP contribution in [0.5, 0.6) is 5.75 Å². The number of carbonyl (C=O) groups is 1. The number of carbonyl (C=O) groups excluding carboxylic acids is 1. The summed E-state index contributed by atoms with van der Waals surface area (Å²) in [7, 11) is 1.55. The normalized spacial score (nSPS) is 9.79. The predicted molar refractivity (Wildman–Crippen MR) is 77.8 cm³/mol. The molecule has 5 N–H and O–H groups in total. The molecule has 0 aliphatic heterocycles. The Kier molecular flexibility index (Phi) is 5.37. The zero-order valence-electron chi connectivity index (χ0n) is 10.8. The van der Waals surface area contributed by atoms with Crippen molar-refractivity contribution < 1.29 is 9.53 Å². The largest absolute Gasteiger partial charge is 0.496 e. The Bertz CT molecular complexity index is 524. The molecule has 1 aromatic rings. The summed E-state index contributed by atoms with van der Waals surface area (Å²) in [4.78, 5) is 15.0. The topological polar surface area (TPSA) is 115 Å². The lowest BCUT2D eigenvalue weighted by Crippen LogP contribution is -2.23. The molecule has 0 saturated heterocycles. The second-order valence-electron chi connectivity index (χ2n) is 3.71. The van der Waals surface area contributed by atoms with E-state index in [1.54, 1.807) is 25.3 Å². The molecule has 1 rings (SSSR count). The first-order chi connectivity index (χ1) is 8.93. The van der Waals surface area contributed by atoms with Gasteiger partial charge < -0.3 is 16.2 Å². The molecule has 0 amide bonds. The van der Waals surface area contributed by atoms with Crippen LogP contribution in [0, 0.1) is 5.41 Å². The Balaban J connectivity index is 2.86. The van der Waals surface area contributed by atoms with Crippen molar-refractivity contribution in [2.45, 2.75) is 12.7 Å². The molecule has 0 heterocycles. The number of thioether (sulfide) groups is 1. The molecule has 0 aliphatic rings. The van der Waals surface area contributed by atoms with Crippen LogP contribution in [0.25, 0.3) is 0 Å². The maximum atomic E-state index is 11.3. The first kappa shape index (κ1) is 15.0. The number of aliphatic imine (C=N–C) groups is 1. The molecule has 6 nitrogen and oxygen atoms in total. The summed E-state index contributed by atoms with van der Waals surface area (Å²) >= 11 is 1.15. The van der Waals surface area contributed by atoms with Gasteiger partial charge in [0.15, 0.2) is 16.9 Å². The first-order valence-corrected chi connectivity index (χ1v) is 6.41. The second-order valence-corrected chi connectivity index (χ2v) is 4.68. The highest BCUT2D eigenvalue weighted by Crippen LogP contribution is 2.25. The van der Waals surface area contributed by atoms with Crippen molar-refractivity contribution in [3.63, 3.8) is 0 Å². The fraction of sp³-hybridized carbons (Fsp3) is 0.250. The number of ketones is 1. The minimum atomic E-state index is -0.151. The van der Waals surface area contributed by atoms with Crippen LogP contribution in [0.3, 0.4) is 0 Å². The SMILES string of the molecule is COc1ccc(C(C)=O)cc1CSC(=N)N=C(N)N. The maximum absolute atomic E-state index is 11.3. The van der Waals surface area contributed by atoms with E-state index in [0.29, 0.717) is 17.1 Å². The number of guanidine groups is 1. The zero-order valence-corrected chi connectivity index (χ0v) is 11.6. The van der Waals surface area contributed by atoms with Crippen molar-refractivity contribution in [1.82, 2.24) is 0 Å². The Morgan fingerprint density at radius 2 is 2.16 bits per heavy atom. The summed E-state index contributed by atoms with van der Waals surface area (Å²) in [5, 5.41) is 7.55. The summed E-state index contributed by atoms with van der Waals surface area (Å²) < 4.78 is 5.21. The fourth-order valence-electron chi connectivity index (χ4n) is 1.41. The van der Waals surface area contributed by atoms with Crippen molar-refractivity contribution in [1.29, 1.82) is 5.41 Å². The van der Waals surface area contributed by atoms with Crippen LogP contribution in [-0.2, 0) is 5.75 Å². The highest BCUT2D eigenvalue weighted by Gasteiger charge is 2.08. The lowest BCUT2D eigenvalue weighted by atomic mass is 10.1. The van der Waals surface area contributed by atoms with Crippen LogP contribution in [-0.4, -0.2) is 24.0 Å². The fourth-order valence-corrected chi connectivity index (χ4v) is 2.09. The molecule has 7 heteroatoms. The molecule has 0 saturated carbocycles. The minimum absolute atomic E-state index is 0.00952. The van der Waals surface area contributed by atoms with E-state index in [4.69, 9.17) is 21.6 Å². The molecule has 1 aromatic carbocycles. The molecule has 0 spiro atoms. The zero-order chi connectivity index (χ0) is 14.4. The third kappa shape index (κ3) is 4.63. The number of methoxy groups -OCH3 is 1. The lowest BCUT2D eigenvalue weighted by Gasteiger charge is -2.09. The van der Waals surface area contributed by atoms with Gasteiger partial charge in [-0.25, -0.2) is 0 Å². The third-order valence-corrected chi connectivity index (χ3v) is 3.10. The number of hydrogen-bond acceptors (Lipinski definition) is 4. The quantitative estimate of drug-likeness (QED) is 0.437. The van der Waals surface area contributed by atoms with Gasteiger partial charge in [-0.1, -0.05) is 11.8 Å². The summed E-state index contributed by atoms with van der Waals surface area (Å²) in [6.07, 6.45) is 0. The third-order valence-electron chi connectivity index (χ3n) is 2.28. The molecule has 0 aromatic heterocycles. The van der Waals surface area contributed by atoms with Crippen molar-refractivity contribution in [2.75, 3.05) is 7.11 Å². The van der Waals surface area contributed by atoms with E-state index in [0.717, 1.165) is 17.3 Å². The van der Waals surface area contributed by atoms with Gasteiger partial charge >= 0.3 is 0 Å². The number of hydrogen-bond donors (Lipinski definition) is 3. The minimum Gasteiger partial charge on any atom is -0.496 e. The van der Waals surface area contributed by atoms with Gasteiger partial charge in [-0.15, -0.1) is 0 Å². The molecule has 0 radical (unpaired) electrons. The van der Waals surface area contributed by atoms with Gasteiger partial charge in [0, 0.05) is 16.9 Å². The van der Waals surface area contributed by atoms with E-state index in [9.17, 15) is 4.79 Å². The van der Waals surface area contributed by atoms with Crippen molar-refractivity contribution >= 4 is 28.7 Å². The average Bonchev–Trinajstić information content (AvgIpc) is 2.35. The van der Waals surface area contributed by atoms with Gasteiger partial charge in [-0.3, -0.25) is 10.2 Å². The first-order valence-electron chi connectivity index (χ1n) is 5.43. The van der Waals surface area contributed by atoms with Gasteiger partial charge in [0.2, 0.25) is 0 Å². The van der Waals surface area contributed by atoms with E-state index in [1.807, 2.05) is 0 Å². The predicted octanol–water partition coefficient (Wildman–Crippen LogP) is 1.34. The molecule has 0 bridgehead atoms. The molecular formula is C12H16N4O2S. The van der Waals surface area contributed by atoms with Crippen molar-refractivity contribution in [2.24, 2.45) is 16.5 Å². The van der Waals surface area contributed by atoms with E-state index in [-0.39, 0.29) is 16.9 Å². The Labute approximate surface area is 115 Å². The maximum Gasteiger partial charge on any atom is 0.193 e. The van der Waals surface area contributed by atoms with E-state index < -0.39 is 0 Å². The van der Waals surface area contributed by atoms with Crippen LogP contribution >= 0.6 is 11.8 Å². The molecule has 0 fully saturated rings. The highest BCUT2D eigenvalue weighted by molar-refractivity contribution is 8.13. The van der Waals surface area contributed by atoms with Gasteiger partial charge in [-0.2, -0.15) is 4.99 Å². The molecule has 19 heavy (non-hydrogen) atoms. The Morgan fingerprint density at radius 1 is 1.47 bits per heavy atom. The number of Topliss-reactive ketones (excluding diaryl/α,β-unsaturated/α-hetero) is 1. The van der Waals surface area contributed by atoms with Gasteiger partial charge in [0.25, 0.3) is 0 Å². The second kappa shape index (κ2) is 6.79. The van der Waals surface area contributed by atoms with Crippen LogP contribution < -0.4 is 16.2 Å². The summed E-state index contributed by atoms with van der Waals surface area (Å²) in [5.74, 6) is 0.935. The molecular weight excluding hydrogens is 264 g/mol. The van der Waals surface area contributed by atoms with Gasteiger partial charge in [0.1, 0.15) is 5.75 Å². The average molecular weight is 280 g/mol. The molecule has 102 valence electrons. The standard InChI is InChI=1S/C12H16N4O2S/c1-7(17)8-3-4-10(18-2)9(5-8)6-19-12(15)16-11(13)14/h3-5H,6H2,1-2H3,(H5,13,14,15,16). The van der Waals surface area contributed by atoms with E-state index >= 15 is 0 Å². The monoisotopic (exact) mass is 280 g/mol. The highest BCUT2D eigenvalue weighted by atomic mass is 32.2. The number of amidine groups is 1. The summed E-state index contributed by atoms with van der Waals surface area (Å²) in [6.45, 7) is 1.50. The Morgan fingerprint density at radius 3 is 2.68 bits per heavy atom. The number of rotatable bonds is 4. The summed E-state index contributed by atoms with van der Waals surface area (Å²) in [6, 6.07) is 5.18. The summed E-state index contributed by atoms with van der Waals surface area (Å²) in [5.41, 5.74) is 11.8. The lowest BCUT2D eigenvalue weighted by molar-refractivity contribution is 0.101. The van der Waals surface area contributed by atoms with Crippen LogP contribution in [0.2, 0.25) is 0 Å². The van der Waals surface area contributed by atoms with Gasteiger partial charge in [0.05, 0.1) is 7.11 Å². The molecule has 0 unspecified atom stereocenters. The van der Waals surface area contributed by atoms with Crippen LogP contribution in [0.1, 0.15) is 22.8 Å². The number of nitrogens with two attached hydrogens (primary N) is 2. The number of ether oxygens (including phenoxy) is 1. The molecule has 0 atom stereocenters. The number of nitrogens with zero attached hydrogens (tertiary/aromatic N) is 1. The smallest absolute Gasteiger partial charge is 0.193 e. The van der Waals surface area contributed by atoms with E-state index in [2.05, 4.69) is 4.99 Å². The van der Waals surface area contributed by atoms with Crippen molar-refractivity contribution in [3.05, 3.63) is 29.3 Å². The van der Waals surface area contributed by atoms with Crippen LogP contribution in [0.4, 0.5) is 0 Å². The molecule has 0 aliphatic carbocycles. The Hall–Kier alpha value is -2.02. The van der Waals surface area contributed by atoms with Crippen LogP contribution in [0.15, 0.2) is 23.2 Å². The number of nitrogens with one attached hydrogen (secondary N) is 1. The van der Waals surface area contributed by atoms with E-state index in [1.165, 1.54) is 6.92 Å².